The lowest BCUT2D eigenvalue weighted by atomic mass is 9.96. The van der Waals surface area contributed by atoms with Crippen LogP contribution in [0.2, 0.25) is 0 Å². The number of carboxylic acids is 1. The predicted octanol–water partition coefficient (Wildman–Crippen LogP) is 2.22. The van der Waals surface area contributed by atoms with Crippen LogP contribution in [0.4, 0.5) is 18.0 Å². The molecule has 0 radical (unpaired) electrons. The third kappa shape index (κ3) is 6.88. The van der Waals surface area contributed by atoms with Crippen molar-refractivity contribution >= 4 is 12.0 Å². The quantitative estimate of drug-likeness (QED) is 0.785. The Bertz CT molecular complexity index is 328. The summed E-state index contributed by atoms with van der Waals surface area (Å²) in [5, 5.41) is 11.0. The van der Waals surface area contributed by atoms with E-state index in [9.17, 15) is 22.8 Å². The molecule has 2 N–H and O–H groups in total. The predicted molar refractivity (Wildman–Crippen MR) is 62.8 cm³/mol. The number of alkyl halides is 3. The van der Waals surface area contributed by atoms with Crippen molar-refractivity contribution in [3.63, 3.8) is 0 Å². The van der Waals surface area contributed by atoms with Crippen LogP contribution in [0.1, 0.15) is 33.6 Å². The Morgan fingerprint density at radius 2 is 1.68 bits per heavy atom. The molecule has 5 nitrogen and oxygen atoms in total. The van der Waals surface area contributed by atoms with Gasteiger partial charge in [0.15, 0.2) is 0 Å². The first kappa shape index (κ1) is 17.5. The topological polar surface area (TPSA) is 69.6 Å². The largest absolute Gasteiger partial charge is 0.480 e. The Labute approximate surface area is 109 Å². The number of hydrogen-bond acceptors (Lipinski definition) is 2. The Hall–Kier alpha value is -1.47. The number of hydrogen-bond donors (Lipinski definition) is 2. The van der Waals surface area contributed by atoms with Gasteiger partial charge in [-0.25, -0.2) is 4.79 Å². The van der Waals surface area contributed by atoms with E-state index in [1.807, 2.05) is 0 Å². The summed E-state index contributed by atoms with van der Waals surface area (Å²) in [5.74, 6) is -1.49. The number of amides is 2. The van der Waals surface area contributed by atoms with Crippen molar-refractivity contribution in [3.8, 4) is 0 Å². The number of urea groups is 1. The summed E-state index contributed by atoms with van der Waals surface area (Å²) in [7, 11) is 0. The van der Waals surface area contributed by atoms with Crippen molar-refractivity contribution in [2.75, 3.05) is 13.1 Å². The van der Waals surface area contributed by atoms with E-state index in [0.717, 1.165) is 0 Å². The van der Waals surface area contributed by atoms with Crippen molar-refractivity contribution < 1.29 is 27.9 Å². The van der Waals surface area contributed by atoms with E-state index in [0.29, 0.717) is 12.8 Å². The summed E-state index contributed by atoms with van der Waals surface area (Å²) in [6.07, 6.45) is -3.58. The van der Waals surface area contributed by atoms with Gasteiger partial charge < -0.3 is 15.3 Å². The van der Waals surface area contributed by atoms with Gasteiger partial charge in [0, 0.05) is 5.54 Å². The van der Waals surface area contributed by atoms with E-state index in [1.54, 1.807) is 20.8 Å². The second-order valence-electron chi connectivity index (χ2n) is 4.56. The zero-order valence-corrected chi connectivity index (χ0v) is 11.2. The molecule has 0 aliphatic rings. The molecule has 0 aromatic heterocycles. The highest BCUT2D eigenvalue weighted by atomic mass is 19.4. The minimum atomic E-state index is -4.64. The third-order valence-corrected chi connectivity index (χ3v) is 2.95. The zero-order chi connectivity index (χ0) is 15.3. The number of carbonyl (C=O) groups excluding carboxylic acids is 1. The first-order valence-corrected chi connectivity index (χ1v) is 5.88. The van der Waals surface area contributed by atoms with Gasteiger partial charge in [0.05, 0.1) is 0 Å². The van der Waals surface area contributed by atoms with Crippen molar-refractivity contribution in [1.82, 2.24) is 10.2 Å². The number of nitrogens with zero attached hydrogens (tertiary/aromatic N) is 1. The monoisotopic (exact) mass is 284 g/mol. The van der Waals surface area contributed by atoms with E-state index in [-0.39, 0.29) is 4.90 Å². The summed E-state index contributed by atoms with van der Waals surface area (Å²) >= 11 is 0. The fourth-order valence-corrected chi connectivity index (χ4v) is 1.34. The van der Waals surface area contributed by atoms with E-state index in [4.69, 9.17) is 5.11 Å². The van der Waals surface area contributed by atoms with Gasteiger partial charge in [-0.3, -0.25) is 4.79 Å². The van der Waals surface area contributed by atoms with Gasteiger partial charge in [-0.05, 0) is 19.8 Å². The number of aliphatic carboxylic acids is 1. The van der Waals surface area contributed by atoms with Gasteiger partial charge in [-0.2, -0.15) is 13.2 Å². The highest BCUT2D eigenvalue weighted by molar-refractivity contribution is 5.80. The number of nitrogens with one attached hydrogen (secondary N) is 1. The fraction of sp³-hybridized carbons (Fsp3) is 0.818. The van der Waals surface area contributed by atoms with Crippen LogP contribution >= 0.6 is 0 Å². The molecule has 2 amide bonds. The molecule has 0 fully saturated rings. The minimum absolute atomic E-state index is 0.242. The number of carboxylic acid groups (broad SMARTS) is 1. The lowest BCUT2D eigenvalue weighted by Crippen LogP contribution is -2.54. The summed E-state index contributed by atoms with van der Waals surface area (Å²) in [4.78, 5) is 22.5. The summed E-state index contributed by atoms with van der Waals surface area (Å²) in [5.41, 5.74) is -0.653. The lowest BCUT2D eigenvalue weighted by Gasteiger charge is -2.32. The van der Waals surface area contributed by atoms with E-state index >= 15 is 0 Å². The van der Waals surface area contributed by atoms with Crippen LogP contribution in [-0.4, -0.2) is 46.8 Å². The molecule has 112 valence electrons. The van der Waals surface area contributed by atoms with Gasteiger partial charge >= 0.3 is 18.2 Å². The second kappa shape index (κ2) is 6.63. The normalized spacial score (nSPS) is 12.1. The van der Waals surface area contributed by atoms with Crippen molar-refractivity contribution in [2.45, 2.75) is 45.3 Å². The molecule has 0 aromatic rings. The number of rotatable bonds is 6. The molecule has 0 aromatic carbocycles. The molecule has 0 rings (SSSR count). The van der Waals surface area contributed by atoms with Crippen LogP contribution < -0.4 is 5.32 Å². The standard InChI is InChI=1S/C11H19F3N2O3/c1-4-10(3,5-2)15-9(19)16(6-8(17)18)7-11(12,13)14/h4-7H2,1-3H3,(H,15,19)(H,17,18). The van der Waals surface area contributed by atoms with Crippen molar-refractivity contribution in [2.24, 2.45) is 0 Å². The molecule has 0 bridgehead atoms. The molecule has 0 saturated heterocycles. The van der Waals surface area contributed by atoms with E-state index < -0.39 is 36.8 Å². The van der Waals surface area contributed by atoms with Gasteiger partial charge in [-0.15, -0.1) is 0 Å². The van der Waals surface area contributed by atoms with Crippen LogP contribution in [0.25, 0.3) is 0 Å². The first-order valence-electron chi connectivity index (χ1n) is 5.88. The van der Waals surface area contributed by atoms with Crippen molar-refractivity contribution in [3.05, 3.63) is 0 Å². The molecule has 8 heteroatoms. The number of carbonyl (C=O) groups is 2. The molecule has 0 atom stereocenters. The van der Waals surface area contributed by atoms with Crippen LogP contribution in [0.15, 0.2) is 0 Å². The van der Waals surface area contributed by atoms with Crippen molar-refractivity contribution in [1.29, 1.82) is 0 Å². The van der Waals surface area contributed by atoms with Crippen LogP contribution in [0.5, 0.6) is 0 Å². The Kier molecular flexibility index (Phi) is 6.11. The average molecular weight is 284 g/mol. The molecule has 0 aliphatic heterocycles. The minimum Gasteiger partial charge on any atom is -0.480 e. The number of halogens is 3. The molecular formula is C11H19F3N2O3. The van der Waals surface area contributed by atoms with Gasteiger partial charge in [-0.1, -0.05) is 13.8 Å². The summed E-state index contributed by atoms with van der Waals surface area (Å²) in [6, 6.07) is -1.02. The van der Waals surface area contributed by atoms with Crippen LogP contribution in [0, 0.1) is 0 Å². The molecule has 19 heavy (non-hydrogen) atoms. The van der Waals surface area contributed by atoms with Gasteiger partial charge in [0.1, 0.15) is 13.1 Å². The highest BCUT2D eigenvalue weighted by Crippen LogP contribution is 2.18. The first-order chi connectivity index (χ1) is 8.53. The molecule has 0 unspecified atom stereocenters. The Morgan fingerprint density at radius 1 is 1.21 bits per heavy atom. The fourth-order valence-electron chi connectivity index (χ4n) is 1.34. The summed E-state index contributed by atoms with van der Waals surface area (Å²) < 4.78 is 36.9. The lowest BCUT2D eigenvalue weighted by molar-refractivity contribution is -0.149. The van der Waals surface area contributed by atoms with E-state index in [2.05, 4.69) is 5.32 Å². The Morgan fingerprint density at radius 3 is 2.00 bits per heavy atom. The maximum Gasteiger partial charge on any atom is 0.406 e. The van der Waals surface area contributed by atoms with Crippen LogP contribution in [0.3, 0.4) is 0 Å². The smallest absolute Gasteiger partial charge is 0.406 e. The maximum atomic E-state index is 12.3. The molecule has 0 saturated carbocycles. The average Bonchev–Trinajstić information content (AvgIpc) is 2.25. The van der Waals surface area contributed by atoms with Gasteiger partial charge in [0.25, 0.3) is 0 Å². The summed E-state index contributed by atoms with van der Waals surface area (Å²) in [6.45, 7) is 2.69. The molecule has 0 heterocycles. The van der Waals surface area contributed by atoms with Crippen LogP contribution in [-0.2, 0) is 4.79 Å². The highest BCUT2D eigenvalue weighted by Gasteiger charge is 2.35. The second-order valence-corrected chi connectivity index (χ2v) is 4.56. The molecular weight excluding hydrogens is 265 g/mol. The molecule has 0 aliphatic carbocycles. The Balaban J connectivity index is 4.86. The zero-order valence-electron chi connectivity index (χ0n) is 11.2. The SMILES string of the molecule is CCC(C)(CC)NC(=O)N(CC(=O)O)CC(F)(F)F. The third-order valence-electron chi connectivity index (χ3n) is 2.95. The van der Waals surface area contributed by atoms with E-state index in [1.165, 1.54) is 0 Å². The molecule has 0 spiro atoms. The van der Waals surface area contributed by atoms with Gasteiger partial charge in [0.2, 0.25) is 0 Å². The maximum absolute atomic E-state index is 12.3.